The number of carbonyl (C=O) groups is 2. The quantitative estimate of drug-likeness (QED) is 0.0366. The third-order valence-electron chi connectivity index (χ3n) is 10.6. The number of benzene rings is 4. The average molecular weight is 1340 g/mol. The van der Waals surface area contributed by atoms with Gasteiger partial charge in [0.05, 0.1) is 19.6 Å². The van der Waals surface area contributed by atoms with E-state index in [-0.39, 0.29) is 25.0 Å². The molecule has 26 heteroatoms. The third-order valence-corrected chi connectivity index (χ3v) is 18.3. The lowest BCUT2D eigenvalue weighted by Crippen LogP contribution is -2.40. The number of aryl methyl sites for hydroxylation is 2. The molecule has 4 aromatic carbocycles. The summed E-state index contributed by atoms with van der Waals surface area (Å²) in [5.74, 6) is 1.50. The van der Waals surface area contributed by atoms with Crippen LogP contribution in [0.1, 0.15) is 136 Å². The van der Waals surface area contributed by atoms with Gasteiger partial charge in [0.1, 0.15) is 23.0 Å². The minimum absolute atomic E-state index is 0.0479. The van der Waals surface area contributed by atoms with E-state index in [0.717, 1.165) is 77.8 Å². The lowest BCUT2D eigenvalue weighted by molar-refractivity contribution is 0.110. The van der Waals surface area contributed by atoms with E-state index in [9.17, 15) is 43.3 Å². The highest BCUT2D eigenvalue weighted by Gasteiger charge is 2.24. The summed E-state index contributed by atoms with van der Waals surface area (Å²) in [7, 11) is -9.17. The van der Waals surface area contributed by atoms with Gasteiger partial charge in [0, 0.05) is 58.4 Å². The molecule has 0 bridgehead atoms. The molecule has 4 N–H and O–H groups in total. The molecule has 0 saturated heterocycles. The van der Waals surface area contributed by atoms with Gasteiger partial charge in [0.25, 0.3) is 9.05 Å². The van der Waals surface area contributed by atoms with Crippen LogP contribution in [0.3, 0.4) is 0 Å². The zero-order valence-corrected chi connectivity index (χ0v) is 53.1. The smallest absolute Gasteiger partial charge is 0.261 e. The van der Waals surface area contributed by atoms with Crippen molar-refractivity contribution in [2.24, 2.45) is 5.14 Å². The highest BCUT2D eigenvalue weighted by Crippen LogP contribution is 2.23. The minimum atomic E-state index is -3.72. The van der Waals surface area contributed by atoms with E-state index in [4.69, 9.17) is 39.0 Å². The third kappa shape index (κ3) is 22.2. The first-order chi connectivity index (χ1) is 36.2. The standard InChI is InChI=1S/C19H26ClN3O3S.C15H18ClN3O3S.C11H16BrNO2S.C7H6BrClO2S/c1-5-6-7-17-21-18(20)16(13-24)23(17)12-14-8-10-15(11-9-14)27(25,26)22-19(2,3)4;1-2-3-4-14-18-15(16)13(10-20)19(14)9-11-5-7-12(8-6-11)23(17,21)22;1-11(2,3)13-16(14,15)10-6-4-9(8-12)5-7-10;8-5-6-1-3-7(4-2-6)12(9,10)11/h8-11,13,22H,5-7,12H2,1-4H3;5-8,10H,2-4,9H2,1H3,(H2,17,21,22);4-7,13H,8H2,1-3H3;1-4H,5H2. The highest BCUT2D eigenvalue weighted by atomic mass is 79.9. The van der Waals surface area contributed by atoms with Crippen LogP contribution in [0, 0.1) is 0 Å². The van der Waals surface area contributed by atoms with Crippen molar-refractivity contribution in [3.05, 3.63) is 153 Å². The number of rotatable bonds is 20. The maximum absolute atomic E-state index is 12.4. The van der Waals surface area contributed by atoms with E-state index in [1.807, 2.05) is 20.8 Å². The Bertz CT molecular complexity index is 3390. The van der Waals surface area contributed by atoms with Gasteiger partial charge in [-0.15, -0.1) is 0 Å². The predicted octanol–water partition coefficient (Wildman–Crippen LogP) is 11.4. The largest absolute Gasteiger partial charge is 0.320 e. The van der Waals surface area contributed by atoms with E-state index < -0.39 is 50.2 Å². The maximum Gasteiger partial charge on any atom is 0.261 e. The molecule has 0 unspecified atom stereocenters. The Hall–Kier alpha value is -3.85. The number of nitrogens with one attached hydrogen (secondary N) is 2. The van der Waals surface area contributed by atoms with Crippen molar-refractivity contribution in [2.75, 3.05) is 0 Å². The molecule has 0 saturated carbocycles. The number of nitrogens with zero attached hydrogens (tertiary/aromatic N) is 4. The molecule has 2 aromatic heterocycles. The van der Waals surface area contributed by atoms with Crippen LogP contribution in [0.2, 0.25) is 10.3 Å². The number of alkyl halides is 2. The number of hydrogen-bond donors (Lipinski definition) is 3. The van der Waals surface area contributed by atoms with Gasteiger partial charge in [-0.25, -0.2) is 58.2 Å². The Morgan fingerprint density at radius 2 is 0.821 bits per heavy atom. The van der Waals surface area contributed by atoms with Crippen LogP contribution in [0.5, 0.6) is 0 Å². The molecule has 78 heavy (non-hydrogen) atoms. The molecule has 0 atom stereocenters. The molecule has 0 radical (unpaired) electrons. The van der Waals surface area contributed by atoms with Crippen molar-refractivity contribution < 1.29 is 43.3 Å². The van der Waals surface area contributed by atoms with Gasteiger partial charge in [-0.3, -0.25) is 9.59 Å². The summed E-state index contributed by atoms with van der Waals surface area (Å²) in [6.45, 7) is 15.8. The van der Waals surface area contributed by atoms with Gasteiger partial charge in [0.15, 0.2) is 22.9 Å². The summed E-state index contributed by atoms with van der Waals surface area (Å²) in [4.78, 5) is 31.9. The van der Waals surface area contributed by atoms with Crippen molar-refractivity contribution in [2.45, 2.75) is 148 Å². The SMILES string of the molecule is CC(C)(C)NS(=O)(=O)c1ccc(CBr)cc1.CCCCc1nc(Cl)c(C=O)n1Cc1ccc(S(=O)(=O)NC(C)(C)C)cc1.CCCCc1nc(Cl)c(C=O)n1Cc1ccc(S(N)(=O)=O)cc1.O=S(=O)(Cl)c1ccc(CBr)cc1. The number of primary sulfonamides is 1. The fourth-order valence-corrected chi connectivity index (χ4v) is 12.3. The van der Waals surface area contributed by atoms with Crippen molar-refractivity contribution in [1.82, 2.24) is 28.5 Å². The summed E-state index contributed by atoms with van der Waals surface area (Å²) in [5.41, 5.74) is 3.40. The molecular weight excluding hydrogens is 1280 g/mol. The van der Waals surface area contributed by atoms with Crippen LogP contribution < -0.4 is 14.6 Å². The number of halogens is 5. The second kappa shape index (κ2) is 30.3. The molecule has 6 rings (SSSR count). The van der Waals surface area contributed by atoms with Crippen LogP contribution in [-0.2, 0) is 75.7 Å². The van der Waals surface area contributed by atoms with Gasteiger partial charge >= 0.3 is 0 Å². The molecule has 2 heterocycles. The van der Waals surface area contributed by atoms with Crippen LogP contribution >= 0.6 is 65.7 Å². The van der Waals surface area contributed by atoms with Crippen molar-refractivity contribution in [3.63, 3.8) is 0 Å². The lowest BCUT2D eigenvalue weighted by atomic mass is 10.1. The van der Waals surface area contributed by atoms with Gasteiger partial charge < -0.3 is 9.13 Å². The van der Waals surface area contributed by atoms with Crippen LogP contribution in [-0.4, -0.2) is 76.4 Å². The van der Waals surface area contributed by atoms with E-state index in [1.165, 1.54) is 24.3 Å². The summed E-state index contributed by atoms with van der Waals surface area (Å²) in [6.07, 6.45) is 6.74. The van der Waals surface area contributed by atoms with Crippen molar-refractivity contribution in [1.29, 1.82) is 0 Å². The van der Waals surface area contributed by atoms with Gasteiger partial charge in [-0.1, -0.05) is 130 Å². The summed E-state index contributed by atoms with van der Waals surface area (Å²) >= 11 is 18.7. The highest BCUT2D eigenvalue weighted by molar-refractivity contribution is 9.08. The molecule has 0 spiro atoms. The normalized spacial score (nSPS) is 12.1. The fourth-order valence-electron chi connectivity index (χ4n) is 6.94. The Morgan fingerprint density at radius 3 is 1.08 bits per heavy atom. The second-order valence-corrected chi connectivity index (χ2v) is 28.9. The number of carbonyl (C=O) groups excluding carboxylic acids is 2. The van der Waals surface area contributed by atoms with E-state index in [1.54, 1.807) is 103 Å². The number of nitrogens with two attached hydrogens (primary N) is 1. The molecule has 17 nitrogen and oxygen atoms in total. The molecule has 0 aliphatic rings. The van der Waals surface area contributed by atoms with Crippen LogP contribution in [0.15, 0.2) is 117 Å². The van der Waals surface area contributed by atoms with Gasteiger partial charge in [-0.2, -0.15) is 0 Å². The fraction of sp³-hybridized carbons (Fsp3) is 0.385. The van der Waals surface area contributed by atoms with E-state index >= 15 is 0 Å². The monoisotopic (exact) mass is 1340 g/mol. The first-order valence-corrected chi connectivity index (χ1v) is 34.0. The molecule has 6 aromatic rings. The Morgan fingerprint density at radius 1 is 0.526 bits per heavy atom. The molecule has 0 aliphatic carbocycles. The average Bonchev–Trinajstić information content (AvgIpc) is 3.82. The minimum Gasteiger partial charge on any atom is -0.320 e. The van der Waals surface area contributed by atoms with E-state index in [0.29, 0.717) is 47.3 Å². The summed E-state index contributed by atoms with van der Waals surface area (Å²) in [6, 6.07) is 26.0. The lowest BCUT2D eigenvalue weighted by Gasteiger charge is -2.20. The zero-order chi connectivity index (χ0) is 58.9. The maximum atomic E-state index is 12.4. The molecule has 0 fully saturated rings. The Labute approximate surface area is 491 Å². The second-order valence-electron chi connectivity index (χ2n) is 19.6. The number of aldehydes is 2. The van der Waals surface area contributed by atoms with Gasteiger partial charge in [0.2, 0.25) is 30.1 Å². The Balaban J connectivity index is 0.000000285. The van der Waals surface area contributed by atoms with Crippen LogP contribution in [0.25, 0.3) is 0 Å². The van der Waals surface area contributed by atoms with E-state index in [2.05, 4.69) is 65.1 Å². The molecular formula is C52H66Br2Cl3N7O10S4. The molecule has 428 valence electrons. The van der Waals surface area contributed by atoms with Crippen molar-refractivity contribution in [3.8, 4) is 0 Å². The summed E-state index contributed by atoms with van der Waals surface area (Å²) in [5, 5.41) is 6.89. The molecule has 0 amide bonds. The number of aromatic nitrogens is 4. The topological polar surface area (TPSA) is 256 Å². The first kappa shape index (κ1) is 68.4. The number of sulfonamides is 3. The zero-order valence-electron chi connectivity index (χ0n) is 44.4. The van der Waals surface area contributed by atoms with Crippen molar-refractivity contribution >= 4 is 117 Å². The number of unbranched alkanes of at least 4 members (excludes halogenated alkanes) is 2. The Kier molecular flexibility index (Phi) is 26.6. The summed E-state index contributed by atoms with van der Waals surface area (Å²) < 4.78 is 102. The number of imidazole rings is 2. The van der Waals surface area contributed by atoms with Crippen LogP contribution in [0.4, 0.5) is 0 Å². The predicted molar refractivity (Wildman–Crippen MR) is 316 cm³/mol. The van der Waals surface area contributed by atoms with Gasteiger partial charge in [-0.05, 0) is 125 Å². The molecule has 0 aliphatic heterocycles. The first-order valence-electron chi connectivity index (χ1n) is 24.2. The number of hydrogen-bond acceptors (Lipinski definition) is 12.